The van der Waals surface area contributed by atoms with Gasteiger partial charge < -0.3 is 10.1 Å². The molecule has 1 atom stereocenters. The first-order chi connectivity index (χ1) is 8.42. The quantitative estimate of drug-likeness (QED) is 0.792. The van der Waals surface area contributed by atoms with Gasteiger partial charge in [-0.1, -0.05) is 18.2 Å². The smallest absolute Gasteiger partial charge is 0.322 e. The molecule has 0 bridgehead atoms. The van der Waals surface area contributed by atoms with Crippen molar-refractivity contribution in [2.75, 3.05) is 6.61 Å². The van der Waals surface area contributed by atoms with E-state index in [0.717, 1.165) is 16.9 Å². The summed E-state index contributed by atoms with van der Waals surface area (Å²) in [6.07, 6.45) is 0. The number of nitrogens with one attached hydrogen (secondary N) is 2. The van der Waals surface area contributed by atoms with E-state index in [1.165, 1.54) is 0 Å². The summed E-state index contributed by atoms with van der Waals surface area (Å²) in [7, 11) is 0. The van der Waals surface area contributed by atoms with Crippen LogP contribution in [0.15, 0.2) is 18.2 Å². The summed E-state index contributed by atoms with van der Waals surface area (Å²) < 4.78 is 5.70. The summed E-state index contributed by atoms with van der Waals surface area (Å²) in [5.41, 5.74) is 0.998. The van der Waals surface area contributed by atoms with Crippen molar-refractivity contribution in [3.8, 4) is 5.75 Å². The van der Waals surface area contributed by atoms with Gasteiger partial charge in [-0.3, -0.25) is 10.1 Å². The van der Waals surface area contributed by atoms with Crippen LogP contribution in [0.5, 0.6) is 5.75 Å². The number of ether oxygens (including phenoxy) is 1. The number of para-hydroxylation sites is 1. The first-order valence-electron chi connectivity index (χ1n) is 5.75. The summed E-state index contributed by atoms with van der Waals surface area (Å²) in [5.74, 6) is 0.395. The molecular weight excluding hydrogens is 232 g/mol. The van der Waals surface area contributed by atoms with E-state index in [1.807, 2.05) is 32.0 Å². The molecule has 2 N–H and O–H groups in total. The maximum atomic E-state index is 11.6. The van der Waals surface area contributed by atoms with Crippen LogP contribution in [-0.2, 0) is 4.79 Å². The van der Waals surface area contributed by atoms with E-state index >= 15 is 0 Å². The minimum absolute atomic E-state index is 0.107. The Balaban J connectivity index is 2.13. The van der Waals surface area contributed by atoms with Crippen molar-refractivity contribution in [3.63, 3.8) is 0 Å². The summed E-state index contributed by atoms with van der Waals surface area (Å²) in [4.78, 5) is 22.7. The van der Waals surface area contributed by atoms with Gasteiger partial charge in [-0.15, -0.1) is 0 Å². The number of imide groups is 1. The van der Waals surface area contributed by atoms with E-state index in [0.29, 0.717) is 0 Å². The Kier molecular flexibility index (Phi) is 2.98. The van der Waals surface area contributed by atoms with Crippen molar-refractivity contribution in [1.29, 1.82) is 0 Å². The Hall–Kier alpha value is -2.04. The van der Waals surface area contributed by atoms with Crippen molar-refractivity contribution in [2.24, 2.45) is 0 Å². The van der Waals surface area contributed by atoms with Crippen molar-refractivity contribution >= 4 is 11.9 Å². The standard InChI is InChI=1S/C13H16N2O3/c1-8-5-4-6-9(2)10(8)18-7-13(3)11(16)14-12(17)15-13/h4-6H,7H2,1-3H3,(H2,14,15,16,17)/t13-/m1/s1. The third-order valence-corrected chi connectivity index (χ3v) is 3.03. The van der Waals surface area contributed by atoms with Gasteiger partial charge in [-0.05, 0) is 31.9 Å². The molecule has 0 radical (unpaired) electrons. The second-order valence-electron chi connectivity index (χ2n) is 4.75. The van der Waals surface area contributed by atoms with Crippen LogP contribution in [0, 0.1) is 13.8 Å². The number of hydrogen-bond donors (Lipinski definition) is 2. The van der Waals surface area contributed by atoms with Gasteiger partial charge in [0.15, 0.2) is 5.54 Å². The Labute approximate surface area is 106 Å². The molecule has 96 valence electrons. The second kappa shape index (κ2) is 4.33. The van der Waals surface area contributed by atoms with Crippen LogP contribution in [-0.4, -0.2) is 24.1 Å². The highest BCUT2D eigenvalue weighted by Crippen LogP contribution is 2.24. The first kappa shape index (κ1) is 12.4. The van der Waals surface area contributed by atoms with Crippen molar-refractivity contribution in [3.05, 3.63) is 29.3 Å². The Bertz CT molecular complexity index is 493. The number of amides is 3. The number of rotatable bonds is 3. The average molecular weight is 248 g/mol. The lowest BCUT2D eigenvalue weighted by molar-refractivity contribution is -0.124. The molecule has 1 heterocycles. The SMILES string of the molecule is Cc1cccc(C)c1OC[C@@]1(C)NC(=O)NC1=O. The van der Waals surface area contributed by atoms with Gasteiger partial charge in [0.2, 0.25) is 0 Å². The molecule has 0 saturated carbocycles. The first-order valence-corrected chi connectivity index (χ1v) is 5.75. The van der Waals surface area contributed by atoms with Crippen LogP contribution >= 0.6 is 0 Å². The fourth-order valence-electron chi connectivity index (χ4n) is 1.92. The second-order valence-corrected chi connectivity index (χ2v) is 4.75. The molecule has 1 aromatic carbocycles. The number of urea groups is 1. The summed E-state index contributed by atoms with van der Waals surface area (Å²) in [6, 6.07) is 5.35. The fourth-order valence-corrected chi connectivity index (χ4v) is 1.92. The number of carbonyl (C=O) groups is 2. The van der Waals surface area contributed by atoms with Gasteiger partial charge in [0.1, 0.15) is 12.4 Å². The van der Waals surface area contributed by atoms with Gasteiger partial charge in [0, 0.05) is 0 Å². The van der Waals surface area contributed by atoms with Gasteiger partial charge >= 0.3 is 6.03 Å². The van der Waals surface area contributed by atoms with Crippen molar-refractivity contribution in [1.82, 2.24) is 10.6 Å². The Morgan fingerprint density at radius 2 is 1.83 bits per heavy atom. The van der Waals surface area contributed by atoms with E-state index in [4.69, 9.17) is 4.74 Å². The van der Waals surface area contributed by atoms with Crippen LogP contribution in [0.4, 0.5) is 4.79 Å². The highest BCUT2D eigenvalue weighted by molar-refractivity contribution is 6.06. The van der Waals surface area contributed by atoms with Crippen LogP contribution < -0.4 is 15.4 Å². The molecule has 1 fully saturated rings. The van der Waals surface area contributed by atoms with Crippen LogP contribution in [0.2, 0.25) is 0 Å². The molecule has 1 aliphatic rings. The van der Waals surface area contributed by atoms with Crippen LogP contribution in [0.1, 0.15) is 18.1 Å². The van der Waals surface area contributed by atoms with Gasteiger partial charge in [-0.2, -0.15) is 0 Å². The molecule has 1 saturated heterocycles. The zero-order valence-corrected chi connectivity index (χ0v) is 10.7. The lowest BCUT2D eigenvalue weighted by Crippen LogP contribution is -2.49. The Morgan fingerprint density at radius 3 is 2.33 bits per heavy atom. The average Bonchev–Trinajstić information content (AvgIpc) is 2.52. The third kappa shape index (κ3) is 2.16. The topological polar surface area (TPSA) is 67.4 Å². The van der Waals surface area contributed by atoms with Gasteiger partial charge in [0.25, 0.3) is 5.91 Å². The molecule has 2 rings (SSSR count). The van der Waals surface area contributed by atoms with E-state index in [2.05, 4.69) is 10.6 Å². The number of aryl methyl sites for hydroxylation is 2. The summed E-state index contributed by atoms with van der Waals surface area (Å²) >= 11 is 0. The molecule has 1 aliphatic heterocycles. The Morgan fingerprint density at radius 1 is 1.22 bits per heavy atom. The zero-order valence-electron chi connectivity index (χ0n) is 10.7. The minimum Gasteiger partial charge on any atom is -0.490 e. The fraction of sp³-hybridized carbons (Fsp3) is 0.385. The molecule has 3 amide bonds. The molecule has 0 aliphatic carbocycles. The zero-order chi connectivity index (χ0) is 13.3. The van der Waals surface area contributed by atoms with E-state index < -0.39 is 11.6 Å². The highest BCUT2D eigenvalue weighted by atomic mass is 16.5. The maximum absolute atomic E-state index is 11.6. The molecule has 0 aromatic heterocycles. The largest absolute Gasteiger partial charge is 0.490 e. The number of benzene rings is 1. The highest BCUT2D eigenvalue weighted by Gasteiger charge is 2.42. The number of carbonyl (C=O) groups excluding carboxylic acids is 2. The van der Waals surface area contributed by atoms with E-state index in [9.17, 15) is 9.59 Å². The lowest BCUT2D eigenvalue weighted by atomic mass is 10.0. The number of hydrogen-bond acceptors (Lipinski definition) is 3. The summed E-state index contributed by atoms with van der Waals surface area (Å²) in [6.45, 7) is 5.63. The summed E-state index contributed by atoms with van der Waals surface area (Å²) in [5, 5.41) is 4.77. The molecule has 5 heteroatoms. The molecular formula is C13H16N2O3. The normalized spacial score (nSPS) is 22.6. The minimum atomic E-state index is -1.01. The molecule has 5 nitrogen and oxygen atoms in total. The van der Waals surface area contributed by atoms with Gasteiger partial charge in [0.05, 0.1) is 0 Å². The maximum Gasteiger partial charge on any atom is 0.322 e. The van der Waals surface area contributed by atoms with Crippen molar-refractivity contribution in [2.45, 2.75) is 26.3 Å². The third-order valence-electron chi connectivity index (χ3n) is 3.03. The van der Waals surface area contributed by atoms with Crippen LogP contribution in [0.25, 0.3) is 0 Å². The molecule has 1 aromatic rings. The van der Waals surface area contributed by atoms with Crippen molar-refractivity contribution < 1.29 is 14.3 Å². The van der Waals surface area contributed by atoms with Gasteiger partial charge in [-0.25, -0.2) is 4.79 Å². The van der Waals surface area contributed by atoms with E-state index in [1.54, 1.807) is 6.92 Å². The van der Waals surface area contributed by atoms with Crippen LogP contribution in [0.3, 0.4) is 0 Å². The molecule has 0 unspecified atom stereocenters. The molecule has 0 spiro atoms. The predicted octanol–water partition coefficient (Wildman–Crippen LogP) is 1.28. The lowest BCUT2D eigenvalue weighted by Gasteiger charge is -2.22. The molecule has 18 heavy (non-hydrogen) atoms. The predicted molar refractivity (Wildman–Crippen MR) is 66.5 cm³/mol. The monoisotopic (exact) mass is 248 g/mol. The van der Waals surface area contributed by atoms with E-state index in [-0.39, 0.29) is 12.5 Å².